The number of anilines is 1. The van der Waals surface area contributed by atoms with Gasteiger partial charge >= 0.3 is 0 Å². The molecule has 8 heteroatoms. The first-order valence-electron chi connectivity index (χ1n) is 8.58. The van der Waals surface area contributed by atoms with Gasteiger partial charge < -0.3 is 14.5 Å². The number of methoxy groups -OCH3 is 1. The van der Waals surface area contributed by atoms with E-state index in [-0.39, 0.29) is 11.6 Å². The van der Waals surface area contributed by atoms with Crippen LogP contribution in [0.4, 0.5) is 5.95 Å². The van der Waals surface area contributed by atoms with Crippen molar-refractivity contribution in [3.63, 3.8) is 0 Å². The number of rotatable bonds is 7. The number of hydrogen-bond donors (Lipinski definition) is 2. The average molecular weight is 365 g/mol. The van der Waals surface area contributed by atoms with Crippen LogP contribution in [0.5, 0.6) is 0 Å². The van der Waals surface area contributed by atoms with Crippen LogP contribution < -0.4 is 10.9 Å². The van der Waals surface area contributed by atoms with Gasteiger partial charge in [0.15, 0.2) is 5.65 Å². The second-order valence-corrected chi connectivity index (χ2v) is 6.04. The van der Waals surface area contributed by atoms with Gasteiger partial charge in [-0.25, -0.2) is 4.68 Å². The number of benzene rings is 1. The molecular formula is C19H19N5O3. The number of fused-ring (bicyclic) bond motifs is 1. The van der Waals surface area contributed by atoms with Gasteiger partial charge in [-0.3, -0.25) is 9.78 Å². The molecule has 0 saturated carbocycles. The van der Waals surface area contributed by atoms with E-state index in [1.54, 1.807) is 18.1 Å². The largest absolute Gasteiger partial charge is 0.467 e. The smallest absolute Gasteiger partial charge is 0.263 e. The third-order valence-electron chi connectivity index (χ3n) is 4.25. The molecule has 0 spiro atoms. The Bertz CT molecular complexity index is 1070. The van der Waals surface area contributed by atoms with Crippen molar-refractivity contribution in [3.05, 3.63) is 71.0 Å². The Labute approximate surface area is 154 Å². The SMILES string of the molecule is COCCC(Nc1nc2c(cnn2-c2ccccc2)c(=O)[nH]1)c1ccco1. The van der Waals surface area contributed by atoms with Crippen LogP contribution in [0.2, 0.25) is 0 Å². The van der Waals surface area contributed by atoms with E-state index < -0.39 is 0 Å². The first-order chi connectivity index (χ1) is 13.3. The van der Waals surface area contributed by atoms with Crippen LogP contribution in [-0.4, -0.2) is 33.5 Å². The number of aromatic amines is 1. The monoisotopic (exact) mass is 365 g/mol. The molecule has 1 aromatic carbocycles. The summed E-state index contributed by atoms with van der Waals surface area (Å²) in [5.74, 6) is 1.09. The van der Waals surface area contributed by atoms with Gasteiger partial charge in [-0.2, -0.15) is 10.1 Å². The van der Waals surface area contributed by atoms with E-state index in [0.717, 1.165) is 11.4 Å². The Hall–Kier alpha value is -3.39. The van der Waals surface area contributed by atoms with Crippen LogP contribution in [-0.2, 0) is 4.74 Å². The molecule has 8 nitrogen and oxygen atoms in total. The Morgan fingerprint density at radius 1 is 1.26 bits per heavy atom. The van der Waals surface area contributed by atoms with E-state index in [9.17, 15) is 4.79 Å². The lowest BCUT2D eigenvalue weighted by atomic mass is 10.1. The molecule has 1 atom stereocenters. The first-order valence-corrected chi connectivity index (χ1v) is 8.58. The zero-order valence-electron chi connectivity index (χ0n) is 14.8. The van der Waals surface area contributed by atoms with Gasteiger partial charge in [-0.1, -0.05) is 18.2 Å². The maximum atomic E-state index is 12.5. The molecule has 0 bridgehead atoms. The van der Waals surface area contributed by atoms with Crippen molar-refractivity contribution in [2.75, 3.05) is 19.0 Å². The highest BCUT2D eigenvalue weighted by atomic mass is 16.5. The third kappa shape index (κ3) is 3.47. The molecule has 3 aromatic heterocycles. The quantitative estimate of drug-likeness (QED) is 0.523. The summed E-state index contributed by atoms with van der Waals surface area (Å²) in [5, 5.41) is 7.98. The molecule has 1 unspecified atom stereocenters. The fourth-order valence-corrected chi connectivity index (χ4v) is 2.92. The second kappa shape index (κ2) is 7.46. The second-order valence-electron chi connectivity index (χ2n) is 6.04. The Balaban J connectivity index is 1.72. The lowest BCUT2D eigenvalue weighted by Crippen LogP contribution is -2.18. The molecule has 2 N–H and O–H groups in total. The number of H-pyrrole nitrogens is 1. The van der Waals surface area contributed by atoms with Gasteiger partial charge in [0.1, 0.15) is 11.1 Å². The molecule has 138 valence electrons. The lowest BCUT2D eigenvalue weighted by Gasteiger charge is -2.16. The summed E-state index contributed by atoms with van der Waals surface area (Å²) in [5.41, 5.74) is 1.06. The van der Waals surface area contributed by atoms with Crippen LogP contribution in [0.3, 0.4) is 0 Å². The van der Waals surface area contributed by atoms with Gasteiger partial charge in [0, 0.05) is 13.7 Å². The molecule has 4 aromatic rings. The predicted octanol–water partition coefficient (Wildman–Crippen LogP) is 2.89. The van der Waals surface area contributed by atoms with Gasteiger partial charge in [-0.05, 0) is 30.7 Å². The van der Waals surface area contributed by atoms with Gasteiger partial charge in [0.25, 0.3) is 5.56 Å². The summed E-state index contributed by atoms with van der Waals surface area (Å²) in [6, 6.07) is 13.1. The molecule has 3 heterocycles. The average Bonchev–Trinajstić information content (AvgIpc) is 3.36. The number of furan rings is 1. The molecule has 0 fully saturated rings. The van der Waals surface area contributed by atoms with Crippen LogP contribution in [0.1, 0.15) is 18.2 Å². The maximum Gasteiger partial charge on any atom is 0.263 e. The summed E-state index contributed by atoms with van der Waals surface area (Å²) >= 11 is 0. The molecule has 0 radical (unpaired) electrons. The van der Waals surface area contributed by atoms with Gasteiger partial charge in [0.05, 0.1) is 24.2 Å². The molecule has 27 heavy (non-hydrogen) atoms. The molecule has 0 amide bonds. The van der Waals surface area contributed by atoms with Crippen molar-refractivity contribution in [3.8, 4) is 5.69 Å². The zero-order valence-corrected chi connectivity index (χ0v) is 14.8. The van der Waals surface area contributed by atoms with Crippen molar-refractivity contribution in [2.45, 2.75) is 12.5 Å². The normalized spacial score (nSPS) is 12.3. The van der Waals surface area contributed by atoms with E-state index in [4.69, 9.17) is 9.15 Å². The standard InChI is InChI=1S/C19H19N5O3/c1-26-11-9-15(16-8-5-10-27-16)21-19-22-17-14(18(25)23-19)12-20-24(17)13-6-3-2-4-7-13/h2-8,10,12,15H,9,11H2,1H3,(H2,21,22,23,25). The molecule has 4 rings (SSSR count). The lowest BCUT2D eigenvalue weighted by molar-refractivity contribution is 0.187. The minimum Gasteiger partial charge on any atom is -0.467 e. The Morgan fingerprint density at radius 3 is 2.85 bits per heavy atom. The fourth-order valence-electron chi connectivity index (χ4n) is 2.92. The van der Waals surface area contributed by atoms with Crippen molar-refractivity contribution in [1.29, 1.82) is 0 Å². The van der Waals surface area contributed by atoms with Crippen LogP contribution in [0.15, 0.2) is 64.1 Å². The highest BCUT2D eigenvalue weighted by molar-refractivity contribution is 5.76. The molecule has 0 saturated heterocycles. The third-order valence-corrected chi connectivity index (χ3v) is 4.25. The minimum absolute atomic E-state index is 0.186. The van der Waals surface area contributed by atoms with Crippen molar-refractivity contribution in [1.82, 2.24) is 19.7 Å². The fraction of sp³-hybridized carbons (Fsp3) is 0.211. The number of nitrogens with zero attached hydrogens (tertiary/aromatic N) is 3. The van der Waals surface area contributed by atoms with E-state index in [1.807, 2.05) is 42.5 Å². The highest BCUT2D eigenvalue weighted by Crippen LogP contribution is 2.22. The Morgan fingerprint density at radius 2 is 2.11 bits per heavy atom. The first kappa shape index (κ1) is 17.0. The summed E-state index contributed by atoms with van der Waals surface area (Å²) < 4.78 is 12.3. The zero-order chi connectivity index (χ0) is 18.6. The molecule has 0 aliphatic carbocycles. The van der Waals surface area contributed by atoms with E-state index in [2.05, 4.69) is 20.4 Å². The summed E-state index contributed by atoms with van der Waals surface area (Å²) in [6.45, 7) is 0.535. The summed E-state index contributed by atoms with van der Waals surface area (Å²) in [7, 11) is 1.64. The summed E-state index contributed by atoms with van der Waals surface area (Å²) in [6.07, 6.45) is 3.79. The number of hydrogen-bond acceptors (Lipinski definition) is 6. The Kier molecular flexibility index (Phi) is 4.71. The van der Waals surface area contributed by atoms with Gasteiger partial charge in [0.2, 0.25) is 5.95 Å². The molecular weight excluding hydrogens is 346 g/mol. The number of para-hydroxylation sites is 1. The van der Waals surface area contributed by atoms with Gasteiger partial charge in [-0.15, -0.1) is 0 Å². The number of ether oxygens (including phenoxy) is 1. The van der Waals surface area contributed by atoms with E-state index in [0.29, 0.717) is 30.0 Å². The number of nitrogens with one attached hydrogen (secondary N) is 2. The van der Waals surface area contributed by atoms with Crippen molar-refractivity contribution < 1.29 is 9.15 Å². The van der Waals surface area contributed by atoms with Crippen LogP contribution in [0, 0.1) is 0 Å². The number of aromatic nitrogens is 4. The minimum atomic E-state index is -0.255. The van der Waals surface area contributed by atoms with Crippen LogP contribution in [0.25, 0.3) is 16.7 Å². The van der Waals surface area contributed by atoms with E-state index >= 15 is 0 Å². The highest BCUT2D eigenvalue weighted by Gasteiger charge is 2.17. The van der Waals surface area contributed by atoms with E-state index in [1.165, 1.54) is 6.20 Å². The maximum absolute atomic E-state index is 12.5. The topological polar surface area (TPSA) is 98.0 Å². The van der Waals surface area contributed by atoms with Crippen molar-refractivity contribution >= 4 is 17.0 Å². The van der Waals surface area contributed by atoms with Crippen LogP contribution >= 0.6 is 0 Å². The molecule has 0 aliphatic rings. The molecule has 0 aliphatic heterocycles. The van der Waals surface area contributed by atoms with Crippen molar-refractivity contribution in [2.24, 2.45) is 0 Å². The summed E-state index contributed by atoms with van der Waals surface area (Å²) in [4.78, 5) is 19.8. The predicted molar refractivity (Wildman–Crippen MR) is 101 cm³/mol.